The Hall–Kier alpha value is -1.94. The Balaban J connectivity index is 2.20. The van der Waals surface area contributed by atoms with E-state index in [1.165, 1.54) is 0 Å². The van der Waals surface area contributed by atoms with Crippen LogP contribution in [0.25, 0.3) is 10.9 Å². The van der Waals surface area contributed by atoms with Gasteiger partial charge in [0.1, 0.15) is 5.82 Å². The van der Waals surface area contributed by atoms with E-state index in [0.717, 1.165) is 47.2 Å². The van der Waals surface area contributed by atoms with Gasteiger partial charge in [0.25, 0.3) is 0 Å². The molecule has 3 rings (SSSR count). The Kier molecular flexibility index (Phi) is 3.40. The van der Waals surface area contributed by atoms with Crippen LogP contribution in [-0.4, -0.2) is 37.6 Å². The molecule has 0 N–H and O–H groups in total. The number of carbonyl (C=O) groups excluding carboxylic acids is 1. The fraction of sp³-hybridized carbons (Fsp3) is 0.375. The van der Waals surface area contributed by atoms with E-state index in [4.69, 9.17) is 9.72 Å². The maximum atomic E-state index is 11.4. The van der Waals surface area contributed by atoms with Gasteiger partial charge < -0.3 is 9.64 Å². The minimum atomic E-state index is 0.660. The molecular formula is C16H18N2O2. The van der Waals surface area contributed by atoms with Gasteiger partial charge in [-0.3, -0.25) is 4.79 Å². The summed E-state index contributed by atoms with van der Waals surface area (Å²) in [7, 11) is 0. The Morgan fingerprint density at radius 2 is 1.90 bits per heavy atom. The first-order valence-electron chi connectivity index (χ1n) is 6.89. The van der Waals surface area contributed by atoms with Crippen molar-refractivity contribution in [3.63, 3.8) is 0 Å². The molecule has 104 valence electrons. The predicted octanol–water partition coefficient (Wildman–Crippen LogP) is 2.50. The van der Waals surface area contributed by atoms with Crippen molar-refractivity contribution in [2.75, 3.05) is 31.2 Å². The summed E-state index contributed by atoms with van der Waals surface area (Å²) in [5, 5.41) is 1.06. The first kappa shape index (κ1) is 13.1. The fourth-order valence-electron chi connectivity index (χ4n) is 2.65. The van der Waals surface area contributed by atoms with Gasteiger partial charge in [-0.15, -0.1) is 0 Å². The number of ether oxygens (including phenoxy) is 1. The number of rotatable bonds is 2. The smallest absolute Gasteiger partial charge is 0.153 e. The van der Waals surface area contributed by atoms with Crippen molar-refractivity contribution in [2.45, 2.75) is 13.8 Å². The molecule has 0 radical (unpaired) electrons. The summed E-state index contributed by atoms with van der Waals surface area (Å²) in [4.78, 5) is 18.3. The van der Waals surface area contributed by atoms with Crippen molar-refractivity contribution in [2.24, 2.45) is 0 Å². The number of morpholine rings is 1. The third-order valence-electron chi connectivity index (χ3n) is 3.85. The van der Waals surface area contributed by atoms with Crippen molar-refractivity contribution < 1.29 is 9.53 Å². The average Bonchev–Trinajstić information content (AvgIpc) is 2.51. The third-order valence-corrected chi connectivity index (χ3v) is 3.85. The van der Waals surface area contributed by atoms with Crippen LogP contribution >= 0.6 is 0 Å². The highest BCUT2D eigenvalue weighted by Crippen LogP contribution is 2.27. The molecule has 0 amide bonds. The van der Waals surface area contributed by atoms with Gasteiger partial charge in [-0.1, -0.05) is 12.1 Å². The van der Waals surface area contributed by atoms with Crippen LogP contribution in [0.4, 0.5) is 5.82 Å². The summed E-state index contributed by atoms with van der Waals surface area (Å²) in [5.74, 6) is 0.782. The summed E-state index contributed by atoms with van der Waals surface area (Å²) in [6.07, 6.45) is 0.902. The lowest BCUT2D eigenvalue weighted by Gasteiger charge is -2.29. The number of aromatic nitrogens is 1. The minimum Gasteiger partial charge on any atom is -0.378 e. The number of benzene rings is 1. The van der Waals surface area contributed by atoms with Crippen molar-refractivity contribution in [3.05, 3.63) is 34.9 Å². The SMILES string of the molecule is Cc1ccc(C)c2nc(N3CCOCC3)c(C=O)cc12. The van der Waals surface area contributed by atoms with Gasteiger partial charge in [0.05, 0.1) is 24.3 Å². The van der Waals surface area contributed by atoms with Gasteiger partial charge in [0.15, 0.2) is 6.29 Å². The van der Waals surface area contributed by atoms with Crippen molar-refractivity contribution in [3.8, 4) is 0 Å². The minimum absolute atomic E-state index is 0.660. The number of hydrogen-bond donors (Lipinski definition) is 0. The van der Waals surface area contributed by atoms with E-state index in [2.05, 4.69) is 24.0 Å². The quantitative estimate of drug-likeness (QED) is 0.786. The zero-order chi connectivity index (χ0) is 14.1. The lowest BCUT2D eigenvalue weighted by atomic mass is 10.0. The molecule has 2 aromatic rings. The van der Waals surface area contributed by atoms with Crippen LogP contribution in [0.1, 0.15) is 21.5 Å². The maximum absolute atomic E-state index is 11.4. The monoisotopic (exact) mass is 270 g/mol. The van der Waals surface area contributed by atoms with Crippen LogP contribution in [0.15, 0.2) is 18.2 Å². The summed E-state index contributed by atoms with van der Waals surface area (Å²) in [6.45, 7) is 7.04. The second-order valence-electron chi connectivity index (χ2n) is 5.21. The number of pyridine rings is 1. The van der Waals surface area contributed by atoms with Gasteiger partial charge in [-0.2, -0.15) is 0 Å². The molecule has 1 fully saturated rings. The normalized spacial score (nSPS) is 15.6. The number of nitrogens with zero attached hydrogens (tertiary/aromatic N) is 2. The zero-order valence-corrected chi connectivity index (χ0v) is 11.8. The van der Waals surface area contributed by atoms with Crippen LogP contribution < -0.4 is 4.90 Å². The van der Waals surface area contributed by atoms with Crippen molar-refractivity contribution in [1.82, 2.24) is 4.98 Å². The van der Waals surface area contributed by atoms with E-state index in [9.17, 15) is 4.79 Å². The van der Waals surface area contributed by atoms with Crippen molar-refractivity contribution in [1.29, 1.82) is 0 Å². The maximum Gasteiger partial charge on any atom is 0.153 e. The Labute approximate surface area is 118 Å². The van der Waals surface area contributed by atoms with Gasteiger partial charge in [-0.05, 0) is 31.0 Å². The second kappa shape index (κ2) is 5.21. The number of carbonyl (C=O) groups is 1. The zero-order valence-electron chi connectivity index (χ0n) is 11.8. The third kappa shape index (κ3) is 2.16. The summed E-state index contributed by atoms with van der Waals surface area (Å²) >= 11 is 0. The first-order valence-corrected chi connectivity index (χ1v) is 6.89. The molecular weight excluding hydrogens is 252 g/mol. The molecule has 0 saturated carbocycles. The van der Waals surface area contributed by atoms with Gasteiger partial charge in [0.2, 0.25) is 0 Å². The first-order chi connectivity index (χ1) is 9.70. The molecule has 4 heteroatoms. The van der Waals surface area contributed by atoms with E-state index < -0.39 is 0 Å². The average molecular weight is 270 g/mol. The summed E-state index contributed by atoms with van der Waals surface area (Å²) in [5.41, 5.74) is 3.93. The molecule has 1 saturated heterocycles. The molecule has 1 aliphatic heterocycles. The topological polar surface area (TPSA) is 42.4 Å². The van der Waals surface area contributed by atoms with E-state index in [1.54, 1.807) is 0 Å². The van der Waals surface area contributed by atoms with Crippen LogP contribution in [0.2, 0.25) is 0 Å². The van der Waals surface area contributed by atoms with E-state index in [0.29, 0.717) is 18.8 Å². The molecule has 2 heterocycles. The summed E-state index contributed by atoms with van der Waals surface area (Å²) in [6, 6.07) is 6.11. The molecule has 0 aliphatic carbocycles. The number of hydrogen-bond acceptors (Lipinski definition) is 4. The Bertz CT molecular complexity index is 661. The van der Waals surface area contributed by atoms with Crippen LogP contribution in [0, 0.1) is 13.8 Å². The van der Waals surface area contributed by atoms with Gasteiger partial charge in [0, 0.05) is 18.5 Å². The van der Waals surface area contributed by atoms with E-state index in [1.807, 2.05) is 13.0 Å². The lowest BCUT2D eigenvalue weighted by molar-refractivity contribution is 0.111. The molecule has 1 aromatic heterocycles. The van der Waals surface area contributed by atoms with Crippen molar-refractivity contribution >= 4 is 23.0 Å². The van der Waals surface area contributed by atoms with Crippen LogP contribution in [0.5, 0.6) is 0 Å². The standard InChI is InChI=1S/C16H18N2O2/c1-11-3-4-12(2)15-14(11)9-13(10-19)16(17-15)18-5-7-20-8-6-18/h3-4,9-10H,5-8H2,1-2H3. The Morgan fingerprint density at radius 3 is 2.60 bits per heavy atom. The highest BCUT2D eigenvalue weighted by Gasteiger charge is 2.18. The van der Waals surface area contributed by atoms with Gasteiger partial charge in [-0.25, -0.2) is 4.98 Å². The fourth-order valence-corrected chi connectivity index (χ4v) is 2.65. The number of anilines is 1. The highest BCUT2D eigenvalue weighted by atomic mass is 16.5. The number of fused-ring (bicyclic) bond motifs is 1. The van der Waals surface area contributed by atoms with E-state index >= 15 is 0 Å². The molecule has 0 atom stereocenters. The Morgan fingerprint density at radius 1 is 1.20 bits per heavy atom. The molecule has 0 spiro atoms. The predicted molar refractivity (Wildman–Crippen MR) is 79.6 cm³/mol. The highest BCUT2D eigenvalue weighted by molar-refractivity contribution is 5.94. The molecule has 4 nitrogen and oxygen atoms in total. The molecule has 1 aromatic carbocycles. The summed E-state index contributed by atoms with van der Waals surface area (Å²) < 4.78 is 5.37. The van der Waals surface area contributed by atoms with Gasteiger partial charge >= 0.3 is 0 Å². The van der Waals surface area contributed by atoms with Crippen LogP contribution in [0.3, 0.4) is 0 Å². The molecule has 1 aliphatic rings. The molecule has 0 unspecified atom stereocenters. The molecule has 20 heavy (non-hydrogen) atoms. The largest absolute Gasteiger partial charge is 0.378 e. The van der Waals surface area contributed by atoms with Crippen LogP contribution in [-0.2, 0) is 4.74 Å². The second-order valence-corrected chi connectivity index (χ2v) is 5.21. The number of aldehydes is 1. The van der Waals surface area contributed by atoms with E-state index in [-0.39, 0.29) is 0 Å². The molecule has 0 bridgehead atoms. The number of aryl methyl sites for hydroxylation is 2. The lowest BCUT2D eigenvalue weighted by Crippen LogP contribution is -2.37.